The van der Waals surface area contributed by atoms with Crippen LogP contribution in [-0.2, 0) is 16.0 Å². The summed E-state index contributed by atoms with van der Waals surface area (Å²) in [6.45, 7) is 0. The Morgan fingerprint density at radius 3 is 2.92 bits per heavy atom. The van der Waals surface area contributed by atoms with Gasteiger partial charge in [0.1, 0.15) is 10.5 Å². The molecule has 1 N–H and O–H groups in total. The van der Waals surface area contributed by atoms with E-state index in [0.717, 1.165) is 38.6 Å². The molecule has 4 rings (SSSR count). The van der Waals surface area contributed by atoms with Crippen LogP contribution >= 0.6 is 11.3 Å². The van der Waals surface area contributed by atoms with Crippen LogP contribution in [0.1, 0.15) is 15.2 Å². The fraction of sp³-hybridized carbons (Fsp3) is 0.105. The molecule has 2 aromatic carbocycles. The van der Waals surface area contributed by atoms with E-state index in [-0.39, 0.29) is 12.3 Å². The first-order chi connectivity index (χ1) is 12.7. The van der Waals surface area contributed by atoms with Gasteiger partial charge in [0, 0.05) is 10.9 Å². The van der Waals surface area contributed by atoms with Crippen molar-refractivity contribution in [2.75, 3.05) is 12.4 Å². The number of benzene rings is 2. The average molecular weight is 366 g/mol. The van der Waals surface area contributed by atoms with Gasteiger partial charge >= 0.3 is 5.97 Å². The van der Waals surface area contributed by atoms with Crippen molar-refractivity contribution in [3.05, 3.63) is 59.3 Å². The highest BCUT2D eigenvalue weighted by Crippen LogP contribution is 2.30. The van der Waals surface area contributed by atoms with Crippen LogP contribution in [0.3, 0.4) is 0 Å². The van der Waals surface area contributed by atoms with Crippen molar-refractivity contribution in [3.63, 3.8) is 0 Å². The van der Waals surface area contributed by atoms with E-state index >= 15 is 0 Å². The maximum atomic E-state index is 12.4. The van der Waals surface area contributed by atoms with Crippen molar-refractivity contribution in [1.82, 2.24) is 4.98 Å². The lowest BCUT2D eigenvalue weighted by Crippen LogP contribution is -2.13. The molecule has 2 heterocycles. The van der Waals surface area contributed by atoms with Crippen LogP contribution in [0, 0.1) is 0 Å². The number of nitrogens with one attached hydrogen (secondary N) is 1. The van der Waals surface area contributed by atoms with Gasteiger partial charge in [-0.05, 0) is 16.8 Å². The Morgan fingerprint density at radius 2 is 2.08 bits per heavy atom. The standard InChI is InChI=1S/C19H14N2O4S/c1-24-18(23)15-9-20-19(26-15)21-16(22)8-12-10-25-14-7-6-11-4-2-3-5-13(11)17(12)14/h2-7,9-10H,8H2,1H3,(H,20,21,22). The molecular weight excluding hydrogens is 352 g/mol. The number of hydrogen-bond acceptors (Lipinski definition) is 6. The Labute approximate surface area is 152 Å². The van der Waals surface area contributed by atoms with E-state index in [4.69, 9.17) is 4.42 Å². The highest BCUT2D eigenvalue weighted by molar-refractivity contribution is 7.17. The van der Waals surface area contributed by atoms with Crippen molar-refractivity contribution >= 4 is 50.1 Å². The molecule has 6 nitrogen and oxygen atoms in total. The minimum absolute atomic E-state index is 0.147. The molecule has 0 unspecified atom stereocenters. The SMILES string of the molecule is COC(=O)c1cnc(NC(=O)Cc2coc3ccc4ccccc4c23)s1. The number of hydrogen-bond donors (Lipinski definition) is 1. The van der Waals surface area contributed by atoms with Crippen LogP contribution in [0.15, 0.2) is 53.3 Å². The summed E-state index contributed by atoms with van der Waals surface area (Å²) in [7, 11) is 1.30. The zero-order valence-corrected chi connectivity index (χ0v) is 14.6. The minimum atomic E-state index is -0.477. The number of esters is 1. The van der Waals surface area contributed by atoms with Crippen LogP contribution in [0.5, 0.6) is 0 Å². The summed E-state index contributed by atoms with van der Waals surface area (Å²) in [6.07, 6.45) is 3.14. The molecule has 0 spiro atoms. The highest BCUT2D eigenvalue weighted by Gasteiger charge is 2.16. The Kier molecular flexibility index (Phi) is 4.14. The lowest BCUT2D eigenvalue weighted by molar-refractivity contribution is -0.115. The van der Waals surface area contributed by atoms with E-state index < -0.39 is 5.97 Å². The van der Waals surface area contributed by atoms with E-state index in [1.807, 2.05) is 36.4 Å². The lowest BCUT2D eigenvalue weighted by Gasteiger charge is -2.03. The van der Waals surface area contributed by atoms with Gasteiger partial charge in [0.2, 0.25) is 5.91 Å². The predicted octanol–water partition coefficient (Wildman–Crippen LogP) is 4.01. The number of carbonyl (C=O) groups excluding carboxylic acids is 2. The third kappa shape index (κ3) is 2.93. The largest absolute Gasteiger partial charge is 0.465 e. The van der Waals surface area contributed by atoms with E-state index in [1.165, 1.54) is 13.3 Å². The summed E-state index contributed by atoms with van der Waals surface area (Å²) in [5.74, 6) is -0.707. The molecule has 0 atom stereocenters. The Hall–Kier alpha value is -3.19. The van der Waals surface area contributed by atoms with Gasteiger partial charge in [-0.25, -0.2) is 9.78 Å². The van der Waals surface area contributed by atoms with Gasteiger partial charge in [-0.1, -0.05) is 41.7 Å². The maximum absolute atomic E-state index is 12.4. The quantitative estimate of drug-likeness (QED) is 0.552. The van der Waals surface area contributed by atoms with E-state index in [2.05, 4.69) is 15.0 Å². The predicted molar refractivity (Wildman–Crippen MR) is 99.5 cm³/mol. The number of anilines is 1. The molecule has 0 saturated heterocycles. The number of fused-ring (bicyclic) bond motifs is 3. The molecule has 4 aromatic rings. The number of carbonyl (C=O) groups is 2. The van der Waals surface area contributed by atoms with Crippen LogP contribution in [-0.4, -0.2) is 24.0 Å². The fourth-order valence-corrected chi connectivity index (χ4v) is 3.62. The summed E-state index contributed by atoms with van der Waals surface area (Å²) in [5.41, 5.74) is 1.55. The van der Waals surface area contributed by atoms with Crippen molar-refractivity contribution in [2.45, 2.75) is 6.42 Å². The normalized spacial score (nSPS) is 11.0. The molecule has 0 aliphatic heterocycles. The van der Waals surface area contributed by atoms with E-state index in [9.17, 15) is 9.59 Å². The minimum Gasteiger partial charge on any atom is -0.465 e. The topological polar surface area (TPSA) is 81.4 Å². The molecule has 0 aliphatic rings. The third-order valence-corrected chi connectivity index (χ3v) is 4.92. The maximum Gasteiger partial charge on any atom is 0.349 e. The van der Waals surface area contributed by atoms with Crippen LogP contribution < -0.4 is 5.32 Å². The van der Waals surface area contributed by atoms with Crippen LogP contribution in [0.4, 0.5) is 5.13 Å². The number of ether oxygens (including phenoxy) is 1. The third-order valence-electron chi connectivity index (χ3n) is 4.03. The molecule has 2 aromatic heterocycles. The number of aromatic nitrogens is 1. The first-order valence-corrected chi connectivity index (χ1v) is 8.69. The molecule has 7 heteroatoms. The van der Waals surface area contributed by atoms with Gasteiger partial charge in [0.05, 0.1) is 26.0 Å². The van der Waals surface area contributed by atoms with Crippen LogP contribution in [0.25, 0.3) is 21.7 Å². The second-order valence-electron chi connectivity index (χ2n) is 5.67. The Balaban J connectivity index is 1.59. The van der Waals surface area contributed by atoms with E-state index in [0.29, 0.717) is 10.0 Å². The summed E-state index contributed by atoms with van der Waals surface area (Å²) in [4.78, 5) is 28.2. The number of amides is 1. The number of nitrogens with zero attached hydrogens (tertiary/aromatic N) is 1. The number of rotatable bonds is 4. The molecule has 130 valence electrons. The smallest absolute Gasteiger partial charge is 0.349 e. The Morgan fingerprint density at radius 1 is 1.23 bits per heavy atom. The van der Waals surface area contributed by atoms with Crippen molar-refractivity contribution in [3.8, 4) is 0 Å². The molecule has 0 fully saturated rings. The summed E-state index contributed by atoms with van der Waals surface area (Å²) in [5, 5.41) is 6.14. The second-order valence-corrected chi connectivity index (χ2v) is 6.70. The van der Waals surface area contributed by atoms with Gasteiger partial charge < -0.3 is 14.5 Å². The second kappa shape index (κ2) is 6.61. The first kappa shape index (κ1) is 16.3. The molecule has 1 amide bonds. The van der Waals surface area contributed by atoms with Gasteiger partial charge in [-0.15, -0.1) is 0 Å². The molecule has 0 saturated carbocycles. The summed E-state index contributed by atoms with van der Waals surface area (Å²) in [6, 6.07) is 11.9. The van der Waals surface area contributed by atoms with E-state index in [1.54, 1.807) is 6.26 Å². The number of thiazole rings is 1. The molecule has 0 bridgehead atoms. The summed E-state index contributed by atoms with van der Waals surface area (Å²) >= 11 is 1.07. The number of methoxy groups -OCH3 is 1. The lowest BCUT2D eigenvalue weighted by atomic mass is 10.0. The zero-order chi connectivity index (χ0) is 18.1. The fourth-order valence-electron chi connectivity index (χ4n) is 2.87. The van der Waals surface area contributed by atoms with Gasteiger partial charge in [-0.3, -0.25) is 4.79 Å². The number of furan rings is 1. The average Bonchev–Trinajstić information content (AvgIpc) is 3.28. The zero-order valence-electron chi connectivity index (χ0n) is 13.8. The highest BCUT2D eigenvalue weighted by atomic mass is 32.1. The first-order valence-electron chi connectivity index (χ1n) is 7.87. The van der Waals surface area contributed by atoms with Crippen molar-refractivity contribution < 1.29 is 18.7 Å². The van der Waals surface area contributed by atoms with Gasteiger partial charge in [-0.2, -0.15) is 0 Å². The Bertz CT molecular complexity index is 1130. The van der Waals surface area contributed by atoms with Crippen LogP contribution in [0.2, 0.25) is 0 Å². The van der Waals surface area contributed by atoms with Crippen molar-refractivity contribution in [2.24, 2.45) is 0 Å². The molecular formula is C19H14N2O4S. The molecule has 26 heavy (non-hydrogen) atoms. The molecule has 0 radical (unpaired) electrons. The van der Waals surface area contributed by atoms with Gasteiger partial charge in [0.25, 0.3) is 0 Å². The van der Waals surface area contributed by atoms with Crippen molar-refractivity contribution in [1.29, 1.82) is 0 Å². The monoisotopic (exact) mass is 366 g/mol. The van der Waals surface area contributed by atoms with Gasteiger partial charge in [0.15, 0.2) is 5.13 Å². The molecule has 0 aliphatic carbocycles. The summed E-state index contributed by atoms with van der Waals surface area (Å²) < 4.78 is 10.2.